The third-order valence-corrected chi connectivity index (χ3v) is 2.73. The second-order valence-corrected chi connectivity index (χ2v) is 4.45. The fourth-order valence-corrected chi connectivity index (χ4v) is 2.26. The zero-order valence-electron chi connectivity index (χ0n) is 6.96. The highest BCUT2D eigenvalue weighted by Gasteiger charge is 2.24. The van der Waals surface area contributed by atoms with Gasteiger partial charge >= 0.3 is 5.97 Å². The van der Waals surface area contributed by atoms with E-state index in [-0.39, 0.29) is 10.7 Å². The zero-order valence-corrected chi connectivity index (χ0v) is 8.67. The molecule has 0 aromatic carbocycles. The molecule has 0 aromatic heterocycles. The van der Waals surface area contributed by atoms with Gasteiger partial charge in [0.15, 0.2) is 0 Å². The molecule has 0 spiro atoms. The summed E-state index contributed by atoms with van der Waals surface area (Å²) in [5, 5.41) is 2.92. The third kappa shape index (κ3) is 2.10. The topological polar surface area (TPSA) is 38.3 Å². The largest absolute Gasteiger partial charge is 0.461 e. The summed E-state index contributed by atoms with van der Waals surface area (Å²) in [4.78, 5) is 12.1. The van der Waals surface area contributed by atoms with Crippen LogP contribution in [0.25, 0.3) is 0 Å². The molecule has 0 radical (unpaired) electrons. The Morgan fingerprint density at radius 1 is 1.83 bits per heavy atom. The van der Waals surface area contributed by atoms with Crippen LogP contribution >= 0.6 is 24.4 Å². The maximum atomic E-state index is 11.2. The monoisotopic (exact) mass is 205 g/mol. The minimum Gasteiger partial charge on any atom is -0.461 e. The van der Waals surface area contributed by atoms with Gasteiger partial charge in [-0.15, -0.1) is 12.6 Å². The molecule has 0 saturated carbocycles. The van der Waals surface area contributed by atoms with Gasteiger partial charge in [0.05, 0.1) is 6.61 Å². The second-order valence-electron chi connectivity index (χ2n) is 2.27. The molecule has 5 heteroatoms. The van der Waals surface area contributed by atoms with Gasteiger partial charge in [-0.25, -0.2) is 4.79 Å². The van der Waals surface area contributed by atoms with Crippen molar-refractivity contribution in [2.75, 3.05) is 6.61 Å². The molecule has 0 amide bonds. The molecule has 1 atom stereocenters. The summed E-state index contributed by atoms with van der Waals surface area (Å²) in [6.07, 6.45) is 0. The van der Waals surface area contributed by atoms with Gasteiger partial charge in [-0.05, 0) is 13.8 Å². The number of hydrogen-bond acceptors (Lipinski definition) is 5. The summed E-state index contributed by atoms with van der Waals surface area (Å²) in [5.74, 6) is -0.293. The summed E-state index contributed by atoms with van der Waals surface area (Å²) >= 11 is 5.69. The van der Waals surface area contributed by atoms with Gasteiger partial charge in [0.1, 0.15) is 10.4 Å². The molecular formula is C7H11NO2S2. The van der Waals surface area contributed by atoms with Gasteiger partial charge in [0.2, 0.25) is 0 Å². The average Bonchev–Trinajstić information content (AvgIpc) is 2.30. The van der Waals surface area contributed by atoms with Crippen LogP contribution in [0.5, 0.6) is 0 Å². The Morgan fingerprint density at radius 2 is 2.50 bits per heavy atom. The smallest absolute Gasteiger partial charge is 0.355 e. The first-order chi connectivity index (χ1) is 5.65. The Kier molecular flexibility index (Phi) is 3.34. The molecule has 1 unspecified atom stereocenters. The first kappa shape index (κ1) is 9.80. The number of nitrogens with one attached hydrogen (secondary N) is 1. The van der Waals surface area contributed by atoms with E-state index < -0.39 is 0 Å². The summed E-state index contributed by atoms with van der Waals surface area (Å²) in [6.45, 7) is 4.06. The van der Waals surface area contributed by atoms with E-state index in [1.165, 1.54) is 11.8 Å². The lowest BCUT2D eigenvalue weighted by molar-refractivity contribution is -0.138. The molecular weight excluding hydrogens is 194 g/mol. The summed E-state index contributed by atoms with van der Waals surface area (Å²) in [7, 11) is 0. The molecule has 0 saturated heterocycles. The standard InChI is InChI=1S/C7H11NO2S2/c1-3-10-6(9)5-4(2)12-7(11)8-5/h7-8,11H,3H2,1-2H3. The van der Waals surface area contributed by atoms with E-state index in [9.17, 15) is 4.79 Å². The van der Waals surface area contributed by atoms with Crippen LogP contribution in [0.3, 0.4) is 0 Å². The third-order valence-electron chi connectivity index (χ3n) is 1.39. The van der Waals surface area contributed by atoms with Crippen molar-refractivity contribution in [1.29, 1.82) is 0 Å². The highest BCUT2D eigenvalue weighted by molar-refractivity contribution is 8.13. The summed E-state index contributed by atoms with van der Waals surface area (Å²) in [5.41, 5.74) is 0.543. The Morgan fingerprint density at radius 3 is 2.92 bits per heavy atom. The number of ether oxygens (including phenoxy) is 1. The van der Waals surface area contributed by atoms with Crippen molar-refractivity contribution in [3.8, 4) is 0 Å². The van der Waals surface area contributed by atoms with Crippen molar-refractivity contribution >= 4 is 30.4 Å². The number of allylic oxidation sites excluding steroid dienone is 1. The Hall–Kier alpha value is -0.290. The van der Waals surface area contributed by atoms with E-state index in [2.05, 4.69) is 17.9 Å². The maximum Gasteiger partial charge on any atom is 0.355 e. The van der Waals surface area contributed by atoms with Crippen LogP contribution in [0.15, 0.2) is 10.6 Å². The minimum atomic E-state index is -0.293. The van der Waals surface area contributed by atoms with Gasteiger partial charge in [0.25, 0.3) is 0 Å². The summed E-state index contributed by atoms with van der Waals surface area (Å²) in [6, 6.07) is 0. The molecule has 3 nitrogen and oxygen atoms in total. The molecule has 1 heterocycles. The lowest BCUT2D eigenvalue weighted by Gasteiger charge is -2.05. The molecule has 68 valence electrons. The Labute approximate surface area is 81.3 Å². The predicted molar refractivity (Wildman–Crippen MR) is 52.8 cm³/mol. The Balaban J connectivity index is 2.62. The van der Waals surface area contributed by atoms with E-state index in [4.69, 9.17) is 4.74 Å². The molecule has 0 fully saturated rings. The Bertz CT molecular complexity index is 227. The van der Waals surface area contributed by atoms with Crippen molar-refractivity contribution in [1.82, 2.24) is 5.32 Å². The average molecular weight is 205 g/mol. The predicted octanol–water partition coefficient (Wildman–Crippen LogP) is 1.33. The zero-order chi connectivity index (χ0) is 9.14. The number of thioether (sulfide) groups is 1. The number of carbonyl (C=O) groups excluding carboxylic acids is 1. The highest BCUT2D eigenvalue weighted by atomic mass is 32.2. The second kappa shape index (κ2) is 4.09. The van der Waals surface area contributed by atoms with Crippen LogP contribution in [0.2, 0.25) is 0 Å². The quantitative estimate of drug-likeness (QED) is 0.527. The van der Waals surface area contributed by atoms with Gasteiger partial charge < -0.3 is 10.1 Å². The van der Waals surface area contributed by atoms with Crippen LogP contribution in [-0.4, -0.2) is 17.3 Å². The highest BCUT2D eigenvalue weighted by Crippen LogP contribution is 2.31. The first-order valence-corrected chi connectivity index (χ1v) is 5.04. The van der Waals surface area contributed by atoms with Crippen molar-refractivity contribution < 1.29 is 9.53 Å². The molecule has 0 aromatic rings. The lowest BCUT2D eigenvalue weighted by atomic mass is 10.4. The van der Waals surface area contributed by atoms with Crippen LogP contribution in [0, 0.1) is 0 Å². The van der Waals surface area contributed by atoms with E-state index in [0.717, 1.165) is 4.91 Å². The van der Waals surface area contributed by atoms with Gasteiger partial charge in [-0.2, -0.15) is 0 Å². The number of rotatable bonds is 2. The number of esters is 1. The molecule has 1 aliphatic rings. The molecule has 1 N–H and O–H groups in total. The molecule has 0 aliphatic carbocycles. The van der Waals surface area contributed by atoms with E-state index in [1.54, 1.807) is 6.92 Å². The van der Waals surface area contributed by atoms with Crippen LogP contribution < -0.4 is 5.32 Å². The molecule has 1 rings (SSSR count). The minimum absolute atomic E-state index is 0.0237. The maximum absolute atomic E-state index is 11.2. The fourth-order valence-electron chi connectivity index (χ4n) is 0.887. The van der Waals surface area contributed by atoms with Crippen molar-refractivity contribution in [2.24, 2.45) is 0 Å². The molecule has 1 aliphatic heterocycles. The SMILES string of the molecule is CCOC(=O)C1=C(C)SC(S)N1. The van der Waals surface area contributed by atoms with Crippen LogP contribution in [0.4, 0.5) is 0 Å². The normalized spacial score (nSPS) is 22.4. The van der Waals surface area contributed by atoms with Crippen molar-refractivity contribution in [3.63, 3.8) is 0 Å². The fraction of sp³-hybridized carbons (Fsp3) is 0.571. The number of hydrogen-bond donors (Lipinski definition) is 2. The first-order valence-electron chi connectivity index (χ1n) is 3.64. The lowest BCUT2D eigenvalue weighted by Crippen LogP contribution is -2.22. The van der Waals surface area contributed by atoms with E-state index in [1.807, 2.05) is 6.92 Å². The van der Waals surface area contributed by atoms with Crippen molar-refractivity contribution in [2.45, 2.75) is 18.6 Å². The van der Waals surface area contributed by atoms with Gasteiger partial charge in [-0.3, -0.25) is 0 Å². The van der Waals surface area contributed by atoms with Gasteiger partial charge in [0, 0.05) is 4.91 Å². The van der Waals surface area contributed by atoms with E-state index in [0.29, 0.717) is 12.3 Å². The number of thiol groups is 1. The van der Waals surface area contributed by atoms with Crippen LogP contribution in [-0.2, 0) is 9.53 Å². The molecule has 0 bridgehead atoms. The van der Waals surface area contributed by atoms with E-state index >= 15 is 0 Å². The summed E-state index contributed by atoms with van der Waals surface area (Å²) < 4.78 is 4.81. The van der Waals surface area contributed by atoms with Crippen LogP contribution in [0.1, 0.15) is 13.8 Å². The molecule has 12 heavy (non-hydrogen) atoms. The van der Waals surface area contributed by atoms with Crippen molar-refractivity contribution in [3.05, 3.63) is 10.6 Å². The number of carbonyl (C=O) groups is 1. The van der Waals surface area contributed by atoms with Gasteiger partial charge in [-0.1, -0.05) is 11.8 Å².